The van der Waals surface area contributed by atoms with E-state index in [9.17, 15) is 18.0 Å². The van der Waals surface area contributed by atoms with Crippen molar-refractivity contribution in [1.82, 2.24) is 9.88 Å². The van der Waals surface area contributed by atoms with Crippen molar-refractivity contribution >= 4 is 23.1 Å². The maximum Gasteiger partial charge on any atom is 0.417 e. The second kappa shape index (κ2) is 5.97. The van der Waals surface area contributed by atoms with E-state index in [2.05, 4.69) is 4.98 Å². The molecule has 1 aliphatic rings. The molecule has 0 spiro atoms. The predicted molar refractivity (Wildman–Crippen MR) is 74.7 cm³/mol. The Bertz CT molecular complexity index is 545. The molecule has 8 heteroatoms. The Kier molecular flexibility index (Phi) is 4.46. The molecule has 1 amide bonds. The Labute approximate surface area is 125 Å². The molecule has 1 aromatic heterocycles. The number of nitrogens with zero attached hydrogens (tertiary/aromatic N) is 2. The van der Waals surface area contributed by atoms with Crippen molar-refractivity contribution in [3.8, 4) is 0 Å². The summed E-state index contributed by atoms with van der Waals surface area (Å²) >= 11 is 4.93. The van der Waals surface area contributed by atoms with Crippen LogP contribution in [0.4, 0.5) is 13.2 Å². The molecule has 1 fully saturated rings. The summed E-state index contributed by atoms with van der Waals surface area (Å²) in [7, 11) is 0. The third kappa shape index (κ3) is 3.69. The molecule has 0 aromatic carbocycles. The zero-order chi connectivity index (χ0) is 15.6. The number of amides is 1. The first kappa shape index (κ1) is 15.7. The number of thiocarbonyl (C=S) groups is 1. The number of alkyl halides is 3. The van der Waals surface area contributed by atoms with E-state index < -0.39 is 17.6 Å². The highest BCUT2D eigenvalue weighted by Gasteiger charge is 2.32. The Morgan fingerprint density at radius 1 is 1.43 bits per heavy atom. The van der Waals surface area contributed by atoms with Crippen molar-refractivity contribution in [3.63, 3.8) is 0 Å². The van der Waals surface area contributed by atoms with E-state index in [1.807, 2.05) is 0 Å². The van der Waals surface area contributed by atoms with Gasteiger partial charge in [-0.3, -0.25) is 9.78 Å². The molecule has 1 unspecified atom stereocenters. The van der Waals surface area contributed by atoms with Gasteiger partial charge in [0.2, 0.25) is 0 Å². The van der Waals surface area contributed by atoms with Crippen molar-refractivity contribution in [1.29, 1.82) is 0 Å². The number of halogens is 3. The fourth-order valence-corrected chi connectivity index (χ4v) is 2.44. The highest BCUT2D eigenvalue weighted by atomic mass is 32.1. The first-order valence-electron chi connectivity index (χ1n) is 6.41. The molecule has 1 aromatic rings. The fraction of sp³-hybridized carbons (Fsp3) is 0.462. The van der Waals surface area contributed by atoms with E-state index in [-0.39, 0.29) is 11.6 Å². The van der Waals surface area contributed by atoms with Gasteiger partial charge in [-0.2, -0.15) is 13.2 Å². The third-order valence-corrected chi connectivity index (χ3v) is 3.75. The van der Waals surface area contributed by atoms with Crippen LogP contribution in [-0.2, 0) is 6.18 Å². The van der Waals surface area contributed by atoms with Crippen LogP contribution in [0.1, 0.15) is 28.9 Å². The van der Waals surface area contributed by atoms with Crippen molar-refractivity contribution in [2.24, 2.45) is 11.7 Å². The standard InChI is InChI=1S/C13H14F3N3OS/c14-13(15,16)9-3-4-10(18-6-9)12(20)19-5-1-2-8(7-19)11(17)21/h3-4,6,8H,1-2,5,7H2,(H2,17,21). The Hall–Kier alpha value is -1.70. The number of pyridine rings is 1. The first-order chi connectivity index (χ1) is 9.79. The summed E-state index contributed by atoms with van der Waals surface area (Å²) < 4.78 is 37.4. The first-order valence-corrected chi connectivity index (χ1v) is 6.81. The van der Waals surface area contributed by atoms with E-state index in [1.54, 1.807) is 0 Å². The summed E-state index contributed by atoms with van der Waals surface area (Å²) in [5, 5.41) is 0. The van der Waals surface area contributed by atoms with Crippen molar-refractivity contribution < 1.29 is 18.0 Å². The lowest BCUT2D eigenvalue weighted by molar-refractivity contribution is -0.137. The second-order valence-electron chi connectivity index (χ2n) is 4.92. The van der Waals surface area contributed by atoms with Crippen LogP contribution in [-0.4, -0.2) is 33.9 Å². The van der Waals surface area contributed by atoms with Gasteiger partial charge in [-0.05, 0) is 25.0 Å². The average Bonchev–Trinajstić information content (AvgIpc) is 2.46. The number of hydrogen-bond acceptors (Lipinski definition) is 3. The molecule has 4 nitrogen and oxygen atoms in total. The van der Waals surface area contributed by atoms with Gasteiger partial charge in [-0.15, -0.1) is 0 Å². The van der Waals surface area contributed by atoms with Gasteiger partial charge in [-0.1, -0.05) is 12.2 Å². The molecule has 21 heavy (non-hydrogen) atoms. The van der Waals surface area contributed by atoms with Gasteiger partial charge in [0.1, 0.15) is 5.69 Å². The topological polar surface area (TPSA) is 59.2 Å². The molecule has 2 rings (SSSR count). The molecule has 1 saturated heterocycles. The highest BCUT2D eigenvalue weighted by Crippen LogP contribution is 2.28. The zero-order valence-corrected chi connectivity index (χ0v) is 11.9. The summed E-state index contributed by atoms with van der Waals surface area (Å²) in [6.07, 6.45) is -2.22. The minimum atomic E-state index is -4.46. The van der Waals surface area contributed by atoms with Crippen molar-refractivity contribution in [2.45, 2.75) is 19.0 Å². The lowest BCUT2D eigenvalue weighted by atomic mass is 9.98. The molecule has 114 valence electrons. The van der Waals surface area contributed by atoms with Crippen molar-refractivity contribution in [3.05, 3.63) is 29.6 Å². The summed E-state index contributed by atoms with van der Waals surface area (Å²) in [5.41, 5.74) is 4.70. The SMILES string of the molecule is NC(=S)C1CCCN(C(=O)c2ccc(C(F)(F)F)cn2)C1. The number of carbonyl (C=O) groups is 1. The molecule has 0 radical (unpaired) electrons. The van der Waals surface area contributed by atoms with E-state index in [1.165, 1.54) is 4.90 Å². The summed E-state index contributed by atoms with van der Waals surface area (Å²) in [6, 6.07) is 1.95. The van der Waals surface area contributed by atoms with Crippen LogP contribution in [0.2, 0.25) is 0 Å². The van der Waals surface area contributed by atoms with Crippen molar-refractivity contribution in [2.75, 3.05) is 13.1 Å². The normalized spacial score (nSPS) is 19.4. The third-order valence-electron chi connectivity index (χ3n) is 3.42. The van der Waals surface area contributed by atoms with Gasteiger partial charge in [0.15, 0.2) is 0 Å². The highest BCUT2D eigenvalue weighted by molar-refractivity contribution is 7.80. The maximum atomic E-state index is 12.5. The minimum Gasteiger partial charge on any atom is -0.393 e. The van der Waals surface area contributed by atoms with Crippen LogP contribution in [0.5, 0.6) is 0 Å². The number of nitrogens with two attached hydrogens (primary N) is 1. The number of carbonyl (C=O) groups excluding carboxylic acids is 1. The van der Waals surface area contributed by atoms with Gasteiger partial charge in [0.05, 0.1) is 10.6 Å². The van der Waals surface area contributed by atoms with Crippen LogP contribution >= 0.6 is 12.2 Å². The van der Waals surface area contributed by atoms with Gasteiger partial charge < -0.3 is 10.6 Å². The van der Waals surface area contributed by atoms with E-state index in [0.717, 1.165) is 25.0 Å². The summed E-state index contributed by atoms with van der Waals surface area (Å²) in [5.74, 6) is -0.447. The van der Waals surface area contributed by atoms with Gasteiger partial charge in [0, 0.05) is 25.2 Å². The number of hydrogen-bond donors (Lipinski definition) is 1. The van der Waals surface area contributed by atoms with Gasteiger partial charge in [-0.25, -0.2) is 0 Å². The number of aromatic nitrogens is 1. The molecular weight excluding hydrogens is 303 g/mol. The second-order valence-corrected chi connectivity index (χ2v) is 5.39. The maximum absolute atomic E-state index is 12.5. The lowest BCUT2D eigenvalue weighted by Gasteiger charge is -2.32. The van der Waals surface area contributed by atoms with Crippen LogP contribution < -0.4 is 5.73 Å². The van der Waals surface area contributed by atoms with E-state index in [4.69, 9.17) is 18.0 Å². The number of likely N-dealkylation sites (tertiary alicyclic amines) is 1. The molecule has 1 atom stereocenters. The lowest BCUT2D eigenvalue weighted by Crippen LogP contribution is -2.43. The Balaban J connectivity index is 2.11. The summed E-state index contributed by atoms with van der Waals surface area (Å²) in [4.78, 5) is 17.7. The number of piperidine rings is 1. The Morgan fingerprint density at radius 2 is 2.14 bits per heavy atom. The van der Waals surface area contributed by atoms with E-state index in [0.29, 0.717) is 24.3 Å². The zero-order valence-electron chi connectivity index (χ0n) is 11.1. The van der Waals surface area contributed by atoms with Gasteiger partial charge in [0.25, 0.3) is 5.91 Å². The predicted octanol–water partition coefficient (Wildman–Crippen LogP) is 2.24. The quantitative estimate of drug-likeness (QED) is 0.850. The molecule has 2 N–H and O–H groups in total. The minimum absolute atomic E-state index is 0.00779. The molecule has 2 heterocycles. The van der Waals surface area contributed by atoms with Gasteiger partial charge >= 0.3 is 6.18 Å². The average molecular weight is 317 g/mol. The number of rotatable bonds is 2. The van der Waals surface area contributed by atoms with Crippen LogP contribution in [0.15, 0.2) is 18.3 Å². The molecule has 0 saturated carbocycles. The van der Waals surface area contributed by atoms with E-state index >= 15 is 0 Å². The monoisotopic (exact) mass is 317 g/mol. The van der Waals surface area contributed by atoms with Crippen LogP contribution in [0.25, 0.3) is 0 Å². The molecule has 1 aliphatic heterocycles. The fourth-order valence-electron chi connectivity index (χ4n) is 2.24. The van der Waals surface area contributed by atoms with Crippen LogP contribution in [0.3, 0.4) is 0 Å². The Morgan fingerprint density at radius 3 is 2.67 bits per heavy atom. The largest absolute Gasteiger partial charge is 0.417 e. The molecular formula is C13H14F3N3OS. The smallest absolute Gasteiger partial charge is 0.393 e. The molecule has 0 bridgehead atoms. The summed E-state index contributed by atoms with van der Waals surface area (Å²) in [6.45, 7) is 0.914. The van der Waals surface area contributed by atoms with Crippen LogP contribution in [0, 0.1) is 5.92 Å². The molecule has 0 aliphatic carbocycles.